The molecule has 0 fully saturated rings. The summed E-state index contributed by atoms with van der Waals surface area (Å²) in [5.41, 5.74) is 0.157. The third-order valence-corrected chi connectivity index (χ3v) is 2.57. The molecule has 96 valence electrons. The fourth-order valence-electron chi connectivity index (χ4n) is 1.64. The molecule has 2 aromatic rings. The van der Waals surface area contributed by atoms with Gasteiger partial charge in [0.25, 0.3) is 11.2 Å². The van der Waals surface area contributed by atoms with Crippen molar-refractivity contribution in [2.24, 2.45) is 7.05 Å². The van der Waals surface area contributed by atoms with Crippen molar-refractivity contribution in [1.82, 2.24) is 9.78 Å². The molecule has 1 aromatic heterocycles. The normalized spacial score (nSPS) is 10.2. The molecule has 0 saturated heterocycles. The molecule has 0 aliphatic carbocycles. The van der Waals surface area contributed by atoms with Gasteiger partial charge < -0.3 is 0 Å². The largest absolute Gasteiger partial charge is 0.298 e. The number of carbonyl (C=O) groups is 1. The van der Waals surface area contributed by atoms with E-state index in [9.17, 15) is 19.7 Å². The van der Waals surface area contributed by atoms with Crippen LogP contribution in [0.2, 0.25) is 0 Å². The van der Waals surface area contributed by atoms with Crippen LogP contribution in [-0.2, 0) is 7.05 Å². The first-order valence-corrected chi connectivity index (χ1v) is 5.31. The van der Waals surface area contributed by atoms with Crippen molar-refractivity contribution >= 4 is 12.0 Å². The van der Waals surface area contributed by atoms with Crippen molar-refractivity contribution in [2.75, 3.05) is 0 Å². The minimum Gasteiger partial charge on any atom is -0.298 e. The molecule has 0 atom stereocenters. The number of hydrogen-bond acceptors (Lipinski definition) is 5. The van der Waals surface area contributed by atoms with Gasteiger partial charge in [-0.15, -0.1) is 0 Å². The lowest BCUT2D eigenvalue weighted by molar-refractivity contribution is -0.384. The Morgan fingerprint density at radius 2 is 2.11 bits per heavy atom. The number of rotatable bonds is 3. The Hall–Kier alpha value is -2.83. The monoisotopic (exact) mass is 259 g/mol. The predicted molar refractivity (Wildman–Crippen MR) is 67.0 cm³/mol. The zero-order valence-electron chi connectivity index (χ0n) is 9.94. The van der Waals surface area contributed by atoms with E-state index in [-0.39, 0.29) is 11.3 Å². The molecule has 0 spiro atoms. The number of carbonyl (C=O) groups excluding carboxylic acids is 1. The number of nitro groups is 1. The van der Waals surface area contributed by atoms with E-state index in [4.69, 9.17) is 0 Å². The van der Waals surface area contributed by atoms with Crippen LogP contribution >= 0.6 is 0 Å². The summed E-state index contributed by atoms with van der Waals surface area (Å²) >= 11 is 0. The number of aromatic nitrogens is 2. The Morgan fingerprint density at radius 1 is 1.37 bits per heavy atom. The highest BCUT2D eigenvalue weighted by Gasteiger charge is 2.11. The maximum absolute atomic E-state index is 11.5. The fraction of sp³-hybridized carbons (Fsp3) is 0.0833. The lowest BCUT2D eigenvalue weighted by Crippen LogP contribution is -2.23. The maximum atomic E-state index is 11.5. The van der Waals surface area contributed by atoms with Crippen molar-refractivity contribution in [3.8, 4) is 11.3 Å². The second-order valence-electron chi connectivity index (χ2n) is 3.84. The molecule has 0 unspecified atom stereocenters. The molecular formula is C12H9N3O4. The van der Waals surface area contributed by atoms with Gasteiger partial charge in [-0.3, -0.25) is 19.7 Å². The molecule has 0 N–H and O–H groups in total. The Balaban J connectivity index is 2.62. The van der Waals surface area contributed by atoms with E-state index in [1.807, 2.05) is 0 Å². The first kappa shape index (κ1) is 12.6. The van der Waals surface area contributed by atoms with Crippen LogP contribution in [0.4, 0.5) is 5.69 Å². The summed E-state index contributed by atoms with van der Waals surface area (Å²) in [6.07, 6.45) is 0.435. The molecule has 7 heteroatoms. The number of aryl methyl sites for hydroxylation is 1. The van der Waals surface area contributed by atoms with E-state index in [2.05, 4.69) is 5.10 Å². The van der Waals surface area contributed by atoms with E-state index >= 15 is 0 Å². The summed E-state index contributed by atoms with van der Waals surface area (Å²) in [7, 11) is 1.41. The van der Waals surface area contributed by atoms with Gasteiger partial charge in [0.2, 0.25) is 0 Å². The molecule has 7 nitrogen and oxygen atoms in total. The standard InChI is InChI=1S/C12H9N3O4/c1-14-12(17)9(7-16)6-11(13-14)8-3-2-4-10(5-8)15(18)19/h2-7H,1H3. The summed E-state index contributed by atoms with van der Waals surface area (Å²) in [5.74, 6) is 0. The summed E-state index contributed by atoms with van der Waals surface area (Å²) in [5, 5.41) is 14.7. The van der Waals surface area contributed by atoms with Crippen LogP contribution < -0.4 is 5.56 Å². The van der Waals surface area contributed by atoms with Crippen LogP contribution in [0, 0.1) is 10.1 Å². The second-order valence-corrected chi connectivity index (χ2v) is 3.84. The summed E-state index contributed by atoms with van der Waals surface area (Å²) in [6, 6.07) is 7.14. The van der Waals surface area contributed by atoms with Crippen molar-refractivity contribution in [3.63, 3.8) is 0 Å². The second kappa shape index (κ2) is 4.81. The van der Waals surface area contributed by atoms with Gasteiger partial charge in [0.15, 0.2) is 6.29 Å². The Kier molecular flexibility index (Phi) is 3.19. The SMILES string of the molecule is Cn1nc(-c2cccc([N+](=O)[O-])c2)cc(C=O)c1=O. The minimum absolute atomic E-state index is 0.0426. The van der Waals surface area contributed by atoms with Crippen LogP contribution in [0.25, 0.3) is 11.3 Å². The molecule has 1 aromatic carbocycles. The Bertz CT molecular complexity index is 721. The quantitative estimate of drug-likeness (QED) is 0.468. The number of hydrogen-bond donors (Lipinski definition) is 0. The van der Waals surface area contributed by atoms with E-state index in [0.29, 0.717) is 17.5 Å². The van der Waals surface area contributed by atoms with Crippen molar-refractivity contribution < 1.29 is 9.72 Å². The van der Waals surface area contributed by atoms with Crippen molar-refractivity contribution in [2.45, 2.75) is 0 Å². The fourth-order valence-corrected chi connectivity index (χ4v) is 1.64. The Labute approximate surface area is 107 Å². The smallest absolute Gasteiger partial charge is 0.277 e. The van der Waals surface area contributed by atoms with Gasteiger partial charge >= 0.3 is 0 Å². The molecule has 0 aliphatic rings. The van der Waals surface area contributed by atoms with Crippen molar-refractivity contribution in [1.29, 1.82) is 0 Å². The van der Waals surface area contributed by atoms with Gasteiger partial charge in [-0.25, -0.2) is 4.68 Å². The van der Waals surface area contributed by atoms with Crippen molar-refractivity contribution in [3.05, 3.63) is 56.4 Å². The molecule has 0 radical (unpaired) electrons. The average molecular weight is 259 g/mol. The molecule has 1 heterocycles. The van der Waals surface area contributed by atoms with Gasteiger partial charge in [0.05, 0.1) is 16.2 Å². The lowest BCUT2D eigenvalue weighted by atomic mass is 10.1. The lowest BCUT2D eigenvalue weighted by Gasteiger charge is -2.04. The number of non-ortho nitro benzene ring substituents is 1. The highest BCUT2D eigenvalue weighted by atomic mass is 16.6. The van der Waals surface area contributed by atoms with Gasteiger partial charge in [0, 0.05) is 24.7 Å². The van der Waals surface area contributed by atoms with Crippen LogP contribution in [0.1, 0.15) is 10.4 Å². The first-order valence-electron chi connectivity index (χ1n) is 5.31. The summed E-state index contributed by atoms with van der Waals surface area (Å²) < 4.78 is 1.03. The molecule has 0 bridgehead atoms. The molecule has 19 heavy (non-hydrogen) atoms. The van der Waals surface area contributed by atoms with E-state index in [1.54, 1.807) is 6.07 Å². The average Bonchev–Trinajstić information content (AvgIpc) is 2.41. The predicted octanol–water partition coefficient (Wildman–Crippen LogP) is 1.17. The number of nitrogens with zero attached hydrogens (tertiary/aromatic N) is 3. The molecule has 0 aliphatic heterocycles. The Morgan fingerprint density at radius 3 is 2.74 bits per heavy atom. The van der Waals surface area contributed by atoms with E-state index in [0.717, 1.165) is 4.68 Å². The van der Waals surface area contributed by atoms with Crippen LogP contribution in [0.5, 0.6) is 0 Å². The number of nitro benzene ring substituents is 1. The zero-order valence-corrected chi connectivity index (χ0v) is 9.94. The number of benzene rings is 1. The van der Waals surface area contributed by atoms with Gasteiger partial charge in [-0.2, -0.15) is 5.10 Å². The minimum atomic E-state index is -0.522. The first-order chi connectivity index (χ1) is 9.02. The van der Waals surface area contributed by atoms with E-state index in [1.165, 1.54) is 31.3 Å². The third kappa shape index (κ3) is 2.39. The van der Waals surface area contributed by atoms with Gasteiger partial charge in [-0.05, 0) is 6.07 Å². The highest BCUT2D eigenvalue weighted by Crippen LogP contribution is 2.21. The molecule has 0 saturated carbocycles. The molecule has 2 rings (SSSR count). The molecule has 0 amide bonds. The van der Waals surface area contributed by atoms with Gasteiger partial charge in [-0.1, -0.05) is 12.1 Å². The topological polar surface area (TPSA) is 95.1 Å². The third-order valence-electron chi connectivity index (χ3n) is 2.57. The van der Waals surface area contributed by atoms with Crippen LogP contribution in [-0.4, -0.2) is 21.0 Å². The van der Waals surface area contributed by atoms with E-state index < -0.39 is 10.5 Å². The zero-order chi connectivity index (χ0) is 14.0. The molecular weight excluding hydrogens is 250 g/mol. The summed E-state index contributed by atoms with van der Waals surface area (Å²) in [4.78, 5) is 32.5. The summed E-state index contributed by atoms with van der Waals surface area (Å²) in [6.45, 7) is 0. The van der Waals surface area contributed by atoms with Gasteiger partial charge in [0.1, 0.15) is 0 Å². The number of aldehydes is 1. The van der Waals surface area contributed by atoms with Crippen LogP contribution in [0.15, 0.2) is 35.1 Å². The van der Waals surface area contributed by atoms with Crippen LogP contribution in [0.3, 0.4) is 0 Å². The maximum Gasteiger partial charge on any atom is 0.277 e. The highest BCUT2D eigenvalue weighted by molar-refractivity contribution is 5.77.